The van der Waals surface area contributed by atoms with Crippen LogP contribution in [0.4, 0.5) is 5.69 Å². The maximum atomic E-state index is 12.9. The summed E-state index contributed by atoms with van der Waals surface area (Å²) in [6.45, 7) is 7.43. The molecule has 0 heterocycles. The summed E-state index contributed by atoms with van der Waals surface area (Å²) < 4.78 is 28.3. The number of carbonyl (C=O) groups excluding carboxylic acids is 1. The summed E-state index contributed by atoms with van der Waals surface area (Å²) in [6, 6.07) is 10.0. The third-order valence-electron chi connectivity index (χ3n) is 4.53. The van der Waals surface area contributed by atoms with E-state index in [1.165, 1.54) is 0 Å². The third kappa shape index (κ3) is 4.86. The van der Waals surface area contributed by atoms with Crippen molar-refractivity contribution < 1.29 is 13.2 Å². The molecule has 0 radical (unpaired) electrons. The molecule has 0 atom stereocenters. The van der Waals surface area contributed by atoms with Crippen molar-refractivity contribution >= 4 is 33.2 Å². The molecule has 1 fully saturated rings. The van der Waals surface area contributed by atoms with Gasteiger partial charge >= 0.3 is 0 Å². The summed E-state index contributed by atoms with van der Waals surface area (Å²) in [6.07, 6.45) is 2.23. The van der Waals surface area contributed by atoms with Crippen LogP contribution in [0.25, 0.3) is 0 Å². The SMILES string of the molecule is Cc1ccc(C(=O)NC(C)(C)C)cc1NS(=O)(=O)c1ccc(C2CC2)cc1Cl. The Labute approximate surface area is 171 Å². The van der Waals surface area contributed by atoms with Crippen LogP contribution in [0, 0.1) is 6.92 Å². The number of hydrogen-bond donors (Lipinski definition) is 2. The summed E-state index contributed by atoms with van der Waals surface area (Å²) in [5.74, 6) is 0.224. The fourth-order valence-corrected chi connectivity index (χ4v) is 4.57. The van der Waals surface area contributed by atoms with E-state index in [9.17, 15) is 13.2 Å². The van der Waals surface area contributed by atoms with Crippen molar-refractivity contribution in [1.29, 1.82) is 0 Å². The van der Waals surface area contributed by atoms with Crippen LogP contribution in [-0.2, 0) is 10.0 Å². The molecule has 1 aliphatic carbocycles. The van der Waals surface area contributed by atoms with Gasteiger partial charge in [-0.05, 0) is 81.8 Å². The molecule has 2 aromatic rings. The summed E-state index contributed by atoms with van der Waals surface area (Å²) in [5.41, 5.74) is 2.12. The second-order valence-corrected chi connectivity index (χ2v) is 10.4. The molecule has 0 saturated heterocycles. The van der Waals surface area contributed by atoms with E-state index in [-0.39, 0.29) is 15.8 Å². The maximum absolute atomic E-state index is 12.9. The highest BCUT2D eigenvalue weighted by Crippen LogP contribution is 2.41. The number of amides is 1. The monoisotopic (exact) mass is 420 g/mol. The van der Waals surface area contributed by atoms with Crippen molar-refractivity contribution in [2.24, 2.45) is 0 Å². The lowest BCUT2D eigenvalue weighted by atomic mass is 10.1. The van der Waals surface area contributed by atoms with Gasteiger partial charge in [0.2, 0.25) is 0 Å². The number of rotatable bonds is 5. The fourth-order valence-electron chi connectivity index (χ4n) is 2.89. The first-order valence-electron chi connectivity index (χ1n) is 9.22. The Hall–Kier alpha value is -2.05. The number of carbonyl (C=O) groups is 1. The van der Waals surface area contributed by atoms with Crippen LogP contribution in [0.15, 0.2) is 41.3 Å². The fraction of sp³-hybridized carbons (Fsp3) is 0.381. The lowest BCUT2D eigenvalue weighted by molar-refractivity contribution is 0.0919. The molecule has 7 heteroatoms. The Morgan fingerprint density at radius 2 is 1.79 bits per heavy atom. The lowest BCUT2D eigenvalue weighted by Gasteiger charge is -2.21. The minimum absolute atomic E-state index is 0.0301. The summed E-state index contributed by atoms with van der Waals surface area (Å²) in [5, 5.41) is 3.08. The van der Waals surface area contributed by atoms with E-state index in [1.807, 2.05) is 26.8 Å². The zero-order valence-corrected chi connectivity index (χ0v) is 18.0. The zero-order valence-electron chi connectivity index (χ0n) is 16.5. The Balaban J connectivity index is 1.87. The van der Waals surface area contributed by atoms with Gasteiger partial charge in [-0.1, -0.05) is 23.7 Å². The molecule has 1 saturated carbocycles. The first kappa shape index (κ1) is 20.7. The Bertz CT molecular complexity index is 1020. The number of aryl methyl sites for hydroxylation is 1. The highest BCUT2D eigenvalue weighted by molar-refractivity contribution is 7.92. The number of hydrogen-bond acceptors (Lipinski definition) is 3. The van der Waals surface area contributed by atoms with Crippen LogP contribution in [0.5, 0.6) is 0 Å². The standard InChI is InChI=1S/C21H25ClN2O3S/c1-13-5-6-16(20(25)23-21(2,3)4)12-18(13)24-28(26,27)19-10-9-15(11-17(19)22)14-7-8-14/h5-6,9-12,14,24H,7-8H2,1-4H3,(H,23,25). The zero-order chi connectivity index (χ0) is 20.7. The van der Waals surface area contributed by atoms with Gasteiger partial charge in [-0.3, -0.25) is 9.52 Å². The molecule has 0 aliphatic heterocycles. The molecular weight excluding hydrogens is 396 g/mol. The highest BCUT2D eigenvalue weighted by Gasteiger charge is 2.26. The average Bonchev–Trinajstić information content (AvgIpc) is 3.39. The molecule has 0 unspecified atom stereocenters. The quantitative estimate of drug-likeness (QED) is 0.725. The minimum Gasteiger partial charge on any atom is -0.347 e. The molecule has 5 nitrogen and oxygen atoms in total. The van der Waals surface area contributed by atoms with Crippen LogP contribution in [0.2, 0.25) is 5.02 Å². The predicted octanol–water partition coefficient (Wildman–Crippen LogP) is 4.85. The number of halogens is 1. The van der Waals surface area contributed by atoms with Gasteiger partial charge in [0, 0.05) is 11.1 Å². The molecule has 2 aromatic carbocycles. The van der Waals surface area contributed by atoms with Crippen LogP contribution >= 0.6 is 11.6 Å². The van der Waals surface area contributed by atoms with E-state index in [1.54, 1.807) is 37.3 Å². The molecule has 1 amide bonds. The van der Waals surface area contributed by atoms with Gasteiger partial charge in [0.15, 0.2) is 0 Å². The second-order valence-electron chi connectivity index (χ2n) is 8.30. The largest absolute Gasteiger partial charge is 0.347 e. The van der Waals surface area contributed by atoms with Crippen molar-refractivity contribution in [1.82, 2.24) is 5.32 Å². The number of benzene rings is 2. The smallest absolute Gasteiger partial charge is 0.263 e. The van der Waals surface area contributed by atoms with E-state index in [2.05, 4.69) is 10.0 Å². The molecule has 0 aromatic heterocycles. The molecule has 2 N–H and O–H groups in total. The van der Waals surface area contributed by atoms with Gasteiger partial charge in [-0.25, -0.2) is 8.42 Å². The molecule has 3 rings (SSSR count). The van der Waals surface area contributed by atoms with E-state index in [0.29, 0.717) is 22.7 Å². The van der Waals surface area contributed by atoms with E-state index in [0.717, 1.165) is 18.4 Å². The van der Waals surface area contributed by atoms with E-state index < -0.39 is 15.6 Å². The molecular formula is C21H25ClN2O3S. The topological polar surface area (TPSA) is 75.3 Å². The van der Waals surface area contributed by atoms with Gasteiger partial charge in [0.1, 0.15) is 4.90 Å². The van der Waals surface area contributed by atoms with E-state index in [4.69, 9.17) is 11.6 Å². The number of nitrogens with one attached hydrogen (secondary N) is 2. The van der Waals surface area contributed by atoms with Crippen molar-refractivity contribution in [3.8, 4) is 0 Å². The first-order valence-corrected chi connectivity index (χ1v) is 11.1. The first-order chi connectivity index (χ1) is 13.0. The van der Waals surface area contributed by atoms with Gasteiger partial charge in [-0.2, -0.15) is 0 Å². The van der Waals surface area contributed by atoms with Crippen LogP contribution in [0.1, 0.15) is 61.0 Å². The predicted molar refractivity (Wildman–Crippen MR) is 113 cm³/mol. The van der Waals surface area contributed by atoms with Crippen LogP contribution in [-0.4, -0.2) is 19.9 Å². The van der Waals surface area contributed by atoms with Gasteiger partial charge in [0.05, 0.1) is 10.7 Å². The van der Waals surface area contributed by atoms with Gasteiger partial charge in [-0.15, -0.1) is 0 Å². The summed E-state index contributed by atoms with van der Waals surface area (Å²) >= 11 is 6.26. The van der Waals surface area contributed by atoms with Crippen molar-refractivity contribution in [2.75, 3.05) is 4.72 Å². The lowest BCUT2D eigenvalue weighted by Crippen LogP contribution is -2.40. The Morgan fingerprint density at radius 3 is 2.36 bits per heavy atom. The Morgan fingerprint density at radius 1 is 1.11 bits per heavy atom. The summed E-state index contributed by atoms with van der Waals surface area (Å²) in [4.78, 5) is 12.4. The van der Waals surface area contributed by atoms with E-state index >= 15 is 0 Å². The third-order valence-corrected chi connectivity index (χ3v) is 6.38. The molecule has 0 spiro atoms. The number of sulfonamides is 1. The van der Waals surface area contributed by atoms with Gasteiger partial charge in [0.25, 0.3) is 15.9 Å². The van der Waals surface area contributed by atoms with Crippen LogP contribution < -0.4 is 10.0 Å². The average molecular weight is 421 g/mol. The Kier molecular flexibility index (Phi) is 5.47. The molecule has 150 valence electrons. The number of anilines is 1. The van der Waals surface area contributed by atoms with Crippen molar-refractivity contribution in [2.45, 2.75) is 56.9 Å². The maximum Gasteiger partial charge on any atom is 0.263 e. The van der Waals surface area contributed by atoms with Gasteiger partial charge < -0.3 is 5.32 Å². The van der Waals surface area contributed by atoms with Crippen molar-refractivity contribution in [3.63, 3.8) is 0 Å². The summed E-state index contributed by atoms with van der Waals surface area (Å²) in [7, 11) is -3.88. The molecule has 0 bridgehead atoms. The molecule has 1 aliphatic rings. The normalized spacial score (nSPS) is 14.6. The van der Waals surface area contributed by atoms with Crippen LogP contribution in [0.3, 0.4) is 0 Å². The second kappa shape index (κ2) is 7.41. The highest BCUT2D eigenvalue weighted by atomic mass is 35.5. The molecule has 28 heavy (non-hydrogen) atoms. The minimum atomic E-state index is -3.88. The van der Waals surface area contributed by atoms with Crippen molar-refractivity contribution in [3.05, 3.63) is 58.1 Å².